The lowest BCUT2D eigenvalue weighted by Gasteiger charge is -2.10. The second-order valence-corrected chi connectivity index (χ2v) is 4.56. The van der Waals surface area contributed by atoms with Crippen LogP contribution in [0.4, 0.5) is 11.4 Å². The average Bonchev–Trinajstić information content (AvgIpc) is 2.20. The number of hydrogen-bond acceptors (Lipinski definition) is 2. The Morgan fingerprint density at radius 3 is 2.75 bits per heavy atom. The zero-order valence-corrected chi connectivity index (χ0v) is 10.2. The van der Waals surface area contributed by atoms with Crippen molar-refractivity contribution in [2.24, 2.45) is 5.92 Å². The summed E-state index contributed by atoms with van der Waals surface area (Å²) < 4.78 is 0. The van der Waals surface area contributed by atoms with E-state index in [1.807, 2.05) is 19.1 Å². The van der Waals surface area contributed by atoms with Crippen LogP contribution in [0.25, 0.3) is 0 Å². The fourth-order valence-electron chi connectivity index (χ4n) is 1.41. The van der Waals surface area contributed by atoms with Gasteiger partial charge in [-0.15, -0.1) is 0 Å². The van der Waals surface area contributed by atoms with Gasteiger partial charge < -0.3 is 11.1 Å². The van der Waals surface area contributed by atoms with Crippen molar-refractivity contribution in [1.29, 1.82) is 0 Å². The Morgan fingerprint density at radius 1 is 1.44 bits per heavy atom. The van der Waals surface area contributed by atoms with E-state index in [9.17, 15) is 4.79 Å². The third-order valence-corrected chi connectivity index (χ3v) is 2.48. The Kier molecular flexibility index (Phi) is 4.35. The summed E-state index contributed by atoms with van der Waals surface area (Å²) in [5.41, 5.74) is 8.19. The Morgan fingerprint density at radius 2 is 2.12 bits per heavy atom. The largest absolute Gasteiger partial charge is 0.399 e. The molecule has 0 aliphatic carbocycles. The molecular weight excluding hydrogens is 200 g/mol. The molecule has 1 aromatic rings. The van der Waals surface area contributed by atoms with Crippen LogP contribution in [0.3, 0.4) is 0 Å². The highest BCUT2D eigenvalue weighted by Gasteiger charge is 2.06. The lowest BCUT2D eigenvalue weighted by Crippen LogP contribution is -2.13. The molecule has 16 heavy (non-hydrogen) atoms. The Balaban J connectivity index is 2.59. The third-order valence-electron chi connectivity index (χ3n) is 2.48. The van der Waals surface area contributed by atoms with Crippen molar-refractivity contribution in [3.05, 3.63) is 23.8 Å². The first-order chi connectivity index (χ1) is 7.49. The fraction of sp³-hybridized carbons (Fsp3) is 0.462. The van der Waals surface area contributed by atoms with Crippen molar-refractivity contribution in [3.8, 4) is 0 Å². The first-order valence-corrected chi connectivity index (χ1v) is 5.65. The van der Waals surface area contributed by atoms with Crippen LogP contribution in [0, 0.1) is 12.8 Å². The van der Waals surface area contributed by atoms with Crippen LogP contribution in [0.15, 0.2) is 18.2 Å². The third kappa shape index (κ3) is 3.93. The van der Waals surface area contributed by atoms with Crippen LogP contribution < -0.4 is 11.1 Å². The van der Waals surface area contributed by atoms with Crippen molar-refractivity contribution >= 4 is 17.3 Å². The molecule has 0 fully saturated rings. The van der Waals surface area contributed by atoms with Gasteiger partial charge in [-0.1, -0.05) is 19.9 Å². The maximum atomic E-state index is 11.6. The summed E-state index contributed by atoms with van der Waals surface area (Å²) in [5.74, 6) is 0.607. The number of carbonyl (C=O) groups is 1. The standard InChI is InChI=1S/C13H20N2O/c1-9(2)4-7-13(16)15-12-8-11(14)6-5-10(12)3/h5-6,8-9H,4,7,14H2,1-3H3,(H,15,16). The van der Waals surface area contributed by atoms with E-state index in [0.717, 1.165) is 17.7 Å². The summed E-state index contributed by atoms with van der Waals surface area (Å²) in [6, 6.07) is 5.54. The smallest absolute Gasteiger partial charge is 0.224 e. The predicted octanol–water partition coefficient (Wildman–Crippen LogP) is 2.95. The van der Waals surface area contributed by atoms with Crippen molar-refractivity contribution in [3.63, 3.8) is 0 Å². The molecular formula is C13H20N2O. The average molecular weight is 220 g/mol. The topological polar surface area (TPSA) is 55.1 Å². The van der Waals surface area contributed by atoms with Crippen LogP contribution in [0.2, 0.25) is 0 Å². The summed E-state index contributed by atoms with van der Waals surface area (Å²) in [4.78, 5) is 11.6. The summed E-state index contributed by atoms with van der Waals surface area (Å²) >= 11 is 0. The van der Waals surface area contributed by atoms with E-state index >= 15 is 0 Å². The van der Waals surface area contributed by atoms with Crippen LogP contribution in [-0.2, 0) is 4.79 Å². The minimum absolute atomic E-state index is 0.0578. The molecule has 3 heteroatoms. The Hall–Kier alpha value is -1.51. The van der Waals surface area contributed by atoms with Crippen LogP contribution >= 0.6 is 0 Å². The first kappa shape index (κ1) is 12.6. The molecule has 1 rings (SSSR count). The van der Waals surface area contributed by atoms with Gasteiger partial charge in [0, 0.05) is 17.8 Å². The van der Waals surface area contributed by atoms with Crippen LogP contribution in [-0.4, -0.2) is 5.91 Å². The van der Waals surface area contributed by atoms with Crippen LogP contribution in [0.1, 0.15) is 32.3 Å². The lowest BCUT2D eigenvalue weighted by molar-refractivity contribution is -0.116. The highest BCUT2D eigenvalue weighted by atomic mass is 16.1. The highest BCUT2D eigenvalue weighted by molar-refractivity contribution is 5.91. The number of rotatable bonds is 4. The van der Waals surface area contributed by atoms with Gasteiger partial charge in [0.1, 0.15) is 0 Å². The number of benzene rings is 1. The molecule has 1 amide bonds. The van der Waals surface area contributed by atoms with Crippen molar-refractivity contribution in [2.45, 2.75) is 33.6 Å². The van der Waals surface area contributed by atoms with Gasteiger partial charge in [0.25, 0.3) is 0 Å². The molecule has 0 atom stereocenters. The van der Waals surface area contributed by atoms with Gasteiger partial charge in [-0.05, 0) is 37.0 Å². The molecule has 0 aliphatic heterocycles. The molecule has 1 aromatic carbocycles. The van der Waals surface area contributed by atoms with Crippen LogP contribution in [0.5, 0.6) is 0 Å². The van der Waals surface area contributed by atoms with E-state index in [0.29, 0.717) is 18.0 Å². The van der Waals surface area contributed by atoms with E-state index in [2.05, 4.69) is 19.2 Å². The number of anilines is 2. The zero-order chi connectivity index (χ0) is 12.1. The fourth-order valence-corrected chi connectivity index (χ4v) is 1.41. The summed E-state index contributed by atoms with van der Waals surface area (Å²) in [7, 11) is 0. The van der Waals surface area contributed by atoms with Gasteiger partial charge in [-0.2, -0.15) is 0 Å². The van der Waals surface area contributed by atoms with E-state index in [1.54, 1.807) is 6.07 Å². The van der Waals surface area contributed by atoms with E-state index in [4.69, 9.17) is 5.73 Å². The molecule has 88 valence electrons. The van der Waals surface area contributed by atoms with Crippen molar-refractivity contribution in [2.75, 3.05) is 11.1 Å². The number of aryl methyl sites for hydroxylation is 1. The number of carbonyl (C=O) groups excluding carboxylic acids is 1. The molecule has 0 aliphatic rings. The van der Waals surface area contributed by atoms with Gasteiger partial charge >= 0.3 is 0 Å². The molecule has 0 aromatic heterocycles. The molecule has 0 radical (unpaired) electrons. The maximum Gasteiger partial charge on any atom is 0.224 e. The second-order valence-electron chi connectivity index (χ2n) is 4.56. The molecule has 0 saturated heterocycles. The van der Waals surface area contributed by atoms with Gasteiger partial charge in [0.05, 0.1) is 0 Å². The number of hydrogen-bond donors (Lipinski definition) is 2. The second kappa shape index (κ2) is 5.54. The maximum absolute atomic E-state index is 11.6. The minimum Gasteiger partial charge on any atom is -0.399 e. The van der Waals surface area contributed by atoms with Crippen molar-refractivity contribution in [1.82, 2.24) is 0 Å². The highest BCUT2D eigenvalue weighted by Crippen LogP contribution is 2.18. The molecule has 0 unspecified atom stereocenters. The molecule has 0 bridgehead atoms. The van der Waals surface area contributed by atoms with Crippen molar-refractivity contribution < 1.29 is 4.79 Å². The molecule has 0 heterocycles. The summed E-state index contributed by atoms with van der Waals surface area (Å²) in [6.07, 6.45) is 1.47. The number of nitrogen functional groups attached to an aromatic ring is 1. The van der Waals surface area contributed by atoms with E-state index in [-0.39, 0.29) is 5.91 Å². The molecule has 0 spiro atoms. The lowest BCUT2D eigenvalue weighted by atomic mass is 10.1. The Bertz CT molecular complexity index is 372. The Labute approximate surface area is 97.0 Å². The number of nitrogens with two attached hydrogens (primary N) is 1. The summed E-state index contributed by atoms with van der Waals surface area (Å²) in [5, 5.41) is 2.89. The monoisotopic (exact) mass is 220 g/mol. The minimum atomic E-state index is 0.0578. The quantitative estimate of drug-likeness (QED) is 0.766. The van der Waals surface area contributed by atoms with E-state index < -0.39 is 0 Å². The molecule has 3 nitrogen and oxygen atoms in total. The molecule has 0 saturated carbocycles. The predicted molar refractivity (Wildman–Crippen MR) is 68.3 cm³/mol. The normalized spacial score (nSPS) is 10.5. The molecule has 3 N–H and O–H groups in total. The number of amides is 1. The summed E-state index contributed by atoms with van der Waals surface area (Å²) in [6.45, 7) is 6.18. The first-order valence-electron chi connectivity index (χ1n) is 5.65. The zero-order valence-electron chi connectivity index (χ0n) is 10.2. The van der Waals surface area contributed by atoms with Gasteiger partial charge in [-0.3, -0.25) is 4.79 Å². The SMILES string of the molecule is Cc1ccc(N)cc1NC(=O)CCC(C)C. The number of nitrogens with one attached hydrogen (secondary N) is 1. The van der Waals surface area contributed by atoms with E-state index in [1.165, 1.54) is 0 Å². The van der Waals surface area contributed by atoms with Gasteiger partial charge in [0.2, 0.25) is 5.91 Å². The van der Waals surface area contributed by atoms with Gasteiger partial charge in [-0.25, -0.2) is 0 Å². The van der Waals surface area contributed by atoms with Gasteiger partial charge in [0.15, 0.2) is 0 Å².